The molecule has 0 saturated heterocycles. The summed E-state index contributed by atoms with van der Waals surface area (Å²) in [5.41, 5.74) is 7.14. The van der Waals surface area contributed by atoms with Gasteiger partial charge in [0.1, 0.15) is 0 Å². The van der Waals surface area contributed by atoms with E-state index >= 15 is 0 Å². The lowest BCUT2D eigenvalue weighted by atomic mass is 9.90. The fourth-order valence-electron chi connectivity index (χ4n) is 3.09. The maximum absolute atomic E-state index is 2.36. The summed E-state index contributed by atoms with van der Waals surface area (Å²) in [4.78, 5) is 0. The van der Waals surface area contributed by atoms with Gasteiger partial charge in [0.2, 0.25) is 0 Å². The van der Waals surface area contributed by atoms with Crippen LogP contribution in [0, 0.1) is 0 Å². The Morgan fingerprint density at radius 2 is 2.06 bits per heavy atom. The quantitative estimate of drug-likeness (QED) is 0.659. The van der Waals surface area contributed by atoms with Crippen molar-refractivity contribution in [2.24, 2.45) is 0 Å². The van der Waals surface area contributed by atoms with E-state index in [1.165, 1.54) is 27.8 Å². The van der Waals surface area contributed by atoms with Crippen LogP contribution in [0.4, 0.5) is 0 Å². The molecule has 86 valence electrons. The lowest BCUT2D eigenvalue weighted by Gasteiger charge is -2.14. The van der Waals surface area contributed by atoms with Gasteiger partial charge in [-0.1, -0.05) is 60.7 Å². The van der Waals surface area contributed by atoms with E-state index in [4.69, 9.17) is 0 Å². The van der Waals surface area contributed by atoms with Gasteiger partial charge in [-0.25, -0.2) is 0 Å². The van der Waals surface area contributed by atoms with E-state index in [0.29, 0.717) is 5.92 Å². The van der Waals surface area contributed by atoms with Gasteiger partial charge in [0.15, 0.2) is 0 Å². The first kappa shape index (κ1) is 9.90. The number of benzene rings is 1. The molecule has 3 aliphatic rings. The summed E-state index contributed by atoms with van der Waals surface area (Å²) in [7, 11) is 0. The number of hydrogen-bond donors (Lipinski definition) is 0. The largest absolute Gasteiger partial charge is 0.0801 e. The zero-order valence-electron chi connectivity index (χ0n) is 10.1. The van der Waals surface area contributed by atoms with Gasteiger partial charge in [0.25, 0.3) is 0 Å². The fraction of sp³-hybridized carbons (Fsp3) is 0.111. The second-order valence-corrected chi connectivity index (χ2v) is 5.00. The highest BCUT2D eigenvalue weighted by atomic mass is 14.3. The summed E-state index contributed by atoms with van der Waals surface area (Å²) in [6.07, 6.45) is 18.8. The van der Waals surface area contributed by atoms with Crippen molar-refractivity contribution in [2.75, 3.05) is 0 Å². The maximum Gasteiger partial charge on any atom is 0.0278 e. The molecule has 1 unspecified atom stereocenters. The molecule has 1 aromatic carbocycles. The highest BCUT2D eigenvalue weighted by molar-refractivity contribution is 5.84. The molecule has 0 spiro atoms. The average molecular weight is 230 g/mol. The summed E-state index contributed by atoms with van der Waals surface area (Å²) in [5.74, 6) is 0.472. The Morgan fingerprint density at radius 1 is 1.06 bits per heavy atom. The predicted octanol–water partition coefficient (Wildman–Crippen LogP) is 4.64. The third-order valence-corrected chi connectivity index (χ3v) is 3.97. The van der Waals surface area contributed by atoms with Crippen LogP contribution in [0.3, 0.4) is 0 Å². The smallest absolute Gasteiger partial charge is 0.0278 e. The molecule has 4 rings (SSSR count). The average Bonchev–Trinajstić information content (AvgIpc) is 3.05. The van der Waals surface area contributed by atoms with Gasteiger partial charge >= 0.3 is 0 Å². The first-order valence-electron chi connectivity index (χ1n) is 6.49. The van der Waals surface area contributed by atoms with Crippen LogP contribution in [0.5, 0.6) is 0 Å². The van der Waals surface area contributed by atoms with Crippen LogP contribution in [0.2, 0.25) is 0 Å². The Bertz CT molecular complexity index is 663. The van der Waals surface area contributed by atoms with E-state index < -0.39 is 0 Å². The van der Waals surface area contributed by atoms with Gasteiger partial charge in [-0.05, 0) is 40.3 Å². The molecule has 0 aliphatic heterocycles. The molecule has 1 atom stereocenters. The molecular formula is C18H14. The van der Waals surface area contributed by atoms with Crippen LogP contribution in [0.15, 0.2) is 66.3 Å². The van der Waals surface area contributed by atoms with Crippen LogP contribution < -0.4 is 0 Å². The Kier molecular flexibility index (Phi) is 2.04. The van der Waals surface area contributed by atoms with Crippen LogP contribution in [-0.2, 0) is 0 Å². The molecule has 0 nitrogen and oxygen atoms in total. The molecule has 0 N–H and O–H groups in total. The summed E-state index contributed by atoms with van der Waals surface area (Å²) in [6.45, 7) is 0. The number of fused-ring (bicyclic) bond motifs is 3. The van der Waals surface area contributed by atoms with Crippen LogP contribution in [-0.4, -0.2) is 0 Å². The third-order valence-electron chi connectivity index (χ3n) is 3.97. The molecule has 0 bridgehead atoms. The van der Waals surface area contributed by atoms with E-state index in [9.17, 15) is 0 Å². The van der Waals surface area contributed by atoms with Gasteiger partial charge in [-0.2, -0.15) is 0 Å². The van der Waals surface area contributed by atoms with E-state index in [0.717, 1.165) is 6.42 Å². The highest BCUT2D eigenvalue weighted by Gasteiger charge is 2.25. The second kappa shape index (κ2) is 3.71. The molecule has 1 aromatic rings. The molecule has 0 heteroatoms. The van der Waals surface area contributed by atoms with E-state index in [-0.39, 0.29) is 0 Å². The SMILES string of the molecule is C1=CCC(c2cccc3c2C=C2C=CC=CC23)=C1. The van der Waals surface area contributed by atoms with Crippen molar-refractivity contribution in [1.29, 1.82) is 0 Å². The summed E-state index contributed by atoms with van der Waals surface area (Å²) in [6, 6.07) is 6.70. The molecule has 18 heavy (non-hydrogen) atoms. The fourth-order valence-corrected chi connectivity index (χ4v) is 3.09. The van der Waals surface area contributed by atoms with Gasteiger partial charge in [-0.15, -0.1) is 0 Å². The lowest BCUT2D eigenvalue weighted by molar-refractivity contribution is 1.05. The summed E-state index contributed by atoms with van der Waals surface area (Å²) < 4.78 is 0. The third kappa shape index (κ3) is 1.32. The minimum atomic E-state index is 0.472. The molecule has 0 fully saturated rings. The molecule has 0 heterocycles. The zero-order valence-corrected chi connectivity index (χ0v) is 10.1. The topological polar surface area (TPSA) is 0 Å². The van der Waals surface area contributed by atoms with E-state index in [2.05, 4.69) is 66.8 Å². The van der Waals surface area contributed by atoms with Crippen LogP contribution >= 0.6 is 0 Å². The molecule has 0 radical (unpaired) electrons. The molecule has 0 saturated carbocycles. The maximum atomic E-state index is 2.36. The lowest BCUT2D eigenvalue weighted by Crippen LogP contribution is -1.97. The van der Waals surface area contributed by atoms with Crippen LogP contribution in [0.1, 0.15) is 29.0 Å². The van der Waals surface area contributed by atoms with Gasteiger partial charge < -0.3 is 0 Å². The number of allylic oxidation sites excluding steroid dienone is 9. The summed E-state index contributed by atoms with van der Waals surface area (Å²) >= 11 is 0. The first-order valence-corrected chi connectivity index (χ1v) is 6.49. The molecular weight excluding hydrogens is 216 g/mol. The minimum absolute atomic E-state index is 0.472. The van der Waals surface area contributed by atoms with Gasteiger partial charge in [0, 0.05) is 5.92 Å². The normalized spacial score (nSPS) is 22.8. The second-order valence-electron chi connectivity index (χ2n) is 5.00. The van der Waals surface area contributed by atoms with Crippen molar-refractivity contribution in [3.05, 3.63) is 83.0 Å². The van der Waals surface area contributed by atoms with E-state index in [1.807, 2.05) is 0 Å². The molecule has 3 aliphatic carbocycles. The summed E-state index contributed by atoms with van der Waals surface area (Å²) in [5, 5.41) is 0. The number of hydrogen-bond acceptors (Lipinski definition) is 0. The Labute approximate surface area is 107 Å². The van der Waals surface area contributed by atoms with Crippen molar-refractivity contribution in [1.82, 2.24) is 0 Å². The van der Waals surface area contributed by atoms with Crippen molar-refractivity contribution in [3.63, 3.8) is 0 Å². The Morgan fingerprint density at radius 3 is 2.94 bits per heavy atom. The van der Waals surface area contributed by atoms with Crippen molar-refractivity contribution in [2.45, 2.75) is 12.3 Å². The standard InChI is InChI=1S/C18H14/c1-2-7-13(6-1)15-10-5-11-17-16-9-4-3-8-14(16)12-18(15)17/h1-6,8-12,16H,7H2. The molecule has 0 amide bonds. The zero-order chi connectivity index (χ0) is 11.9. The van der Waals surface area contributed by atoms with Gasteiger partial charge in [-0.3, -0.25) is 0 Å². The van der Waals surface area contributed by atoms with Gasteiger partial charge in [0.05, 0.1) is 0 Å². The molecule has 0 aromatic heterocycles. The minimum Gasteiger partial charge on any atom is -0.0801 e. The van der Waals surface area contributed by atoms with E-state index in [1.54, 1.807) is 0 Å². The Hall–Kier alpha value is -2.08. The Balaban J connectivity index is 1.90. The predicted molar refractivity (Wildman–Crippen MR) is 77.2 cm³/mol. The van der Waals surface area contributed by atoms with Crippen molar-refractivity contribution < 1.29 is 0 Å². The van der Waals surface area contributed by atoms with Crippen molar-refractivity contribution in [3.8, 4) is 0 Å². The van der Waals surface area contributed by atoms with Crippen molar-refractivity contribution >= 4 is 11.6 Å². The highest BCUT2D eigenvalue weighted by Crippen LogP contribution is 2.43. The number of rotatable bonds is 1. The van der Waals surface area contributed by atoms with Crippen LogP contribution in [0.25, 0.3) is 11.6 Å². The first-order chi connectivity index (χ1) is 8.93. The monoisotopic (exact) mass is 230 g/mol.